The molecule has 1 radical (unpaired) electrons. The summed E-state index contributed by atoms with van der Waals surface area (Å²) in [6.07, 6.45) is 3.39. The second-order valence-electron chi connectivity index (χ2n) is 3.21. The van der Waals surface area contributed by atoms with Crippen LogP contribution in [-0.4, -0.2) is 25.5 Å². The number of nitrogens with zero attached hydrogens (tertiary/aromatic N) is 1. The molecule has 1 nitrogen and oxygen atoms in total. The molecule has 0 aliphatic rings. The molecule has 1 rings (SSSR count). The van der Waals surface area contributed by atoms with Crippen molar-refractivity contribution in [2.75, 3.05) is 20.6 Å². The summed E-state index contributed by atoms with van der Waals surface area (Å²) in [7, 11) is 4.19. The van der Waals surface area contributed by atoms with Crippen molar-refractivity contribution < 1.29 is 0 Å². The van der Waals surface area contributed by atoms with Crippen molar-refractivity contribution in [3.63, 3.8) is 0 Å². The fourth-order valence-electron chi connectivity index (χ4n) is 1.08. The fraction of sp³-hybridized carbons (Fsp3) is 0.364. The zero-order valence-electron chi connectivity index (χ0n) is 7.83. The summed E-state index contributed by atoms with van der Waals surface area (Å²) in [6.45, 7) is 1.12. The Morgan fingerprint density at radius 3 is 2.42 bits per heavy atom. The Hall–Kier alpha value is -0.820. The van der Waals surface area contributed by atoms with Crippen LogP contribution in [0.4, 0.5) is 0 Å². The highest BCUT2D eigenvalue weighted by Crippen LogP contribution is 2.04. The third-order valence-corrected chi connectivity index (χ3v) is 1.76. The third kappa shape index (κ3) is 3.54. The Kier molecular flexibility index (Phi) is 3.81. The van der Waals surface area contributed by atoms with Crippen LogP contribution in [0.3, 0.4) is 0 Å². The maximum atomic E-state index is 2.26. The van der Waals surface area contributed by atoms with Crippen LogP contribution in [0.1, 0.15) is 12.0 Å². The van der Waals surface area contributed by atoms with E-state index in [9.17, 15) is 0 Å². The summed E-state index contributed by atoms with van der Waals surface area (Å²) in [5.74, 6) is 0. The SMILES string of the molecule is CN(C)CC[CH]c1ccccc1. The lowest BCUT2D eigenvalue weighted by molar-refractivity contribution is 0.413. The van der Waals surface area contributed by atoms with E-state index in [1.807, 2.05) is 6.07 Å². The number of hydrogen-bond donors (Lipinski definition) is 0. The molecule has 65 valence electrons. The Morgan fingerprint density at radius 2 is 1.83 bits per heavy atom. The monoisotopic (exact) mass is 162 g/mol. The first kappa shape index (κ1) is 9.27. The summed E-state index contributed by atoms with van der Waals surface area (Å²) in [5.41, 5.74) is 1.32. The van der Waals surface area contributed by atoms with Crippen LogP contribution in [0.15, 0.2) is 30.3 Å². The molecule has 0 fully saturated rings. The largest absolute Gasteiger partial charge is 0.309 e. The minimum atomic E-state index is 1.12. The van der Waals surface area contributed by atoms with Gasteiger partial charge in [-0.05, 0) is 39.0 Å². The van der Waals surface area contributed by atoms with E-state index in [1.54, 1.807) is 0 Å². The fourth-order valence-corrected chi connectivity index (χ4v) is 1.08. The smallest absolute Gasteiger partial charge is 0.00188 e. The van der Waals surface area contributed by atoms with Crippen LogP contribution in [0.2, 0.25) is 0 Å². The molecule has 0 unspecified atom stereocenters. The predicted octanol–water partition coefficient (Wildman–Crippen LogP) is 2.19. The summed E-state index contributed by atoms with van der Waals surface area (Å²) >= 11 is 0. The highest BCUT2D eigenvalue weighted by atomic mass is 15.0. The molecule has 12 heavy (non-hydrogen) atoms. The van der Waals surface area contributed by atoms with Crippen molar-refractivity contribution >= 4 is 0 Å². The van der Waals surface area contributed by atoms with Crippen LogP contribution >= 0.6 is 0 Å². The zero-order valence-corrected chi connectivity index (χ0v) is 7.83. The first-order chi connectivity index (χ1) is 5.79. The van der Waals surface area contributed by atoms with Gasteiger partial charge in [0.25, 0.3) is 0 Å². The topological polar surface area (TPSA) is 3.24 Å². The van der Waals surface area contributed by atoms with Crippen LogP contribution < -0.4 is 0 Å². The summed E-state index contributed by atoms with van der Waals surface area (Å²) in [4.78, 5) is 2.19. The molecule has 0 saturated heterocycles. The lowest BCUT2D eigenvalue weighted by atomic mass is 10.1. The standard InChI is InChI=1S/C11H16N/c1-12(2)10-6-9-11-7-4-3-5-8-11/h3-5,7-9H,6,10H2,1-2H3. The Balaban J connectivity index is 2.25. The van der Waals surface area contributed by atoms with Gasteiger partial charge in [-0.3, -0.25) is 0 Å². The van der Waals surface area contributed by atoms with E-state index in [0.29, 0.717) is 0 Å². The van der Waals surface area contributed by atoms with Gasteiger partial charge in [0.05, 0.1) is 0 Å². The van der Waals surface area contributed by atoms with Gasteiger partial charge in [0.2, 0.25) is 0 Å². The maximum Gasteiger partial charge on any atom is -0.00188 e. The quantitative estimate of drug-likeness (QED) is 0.656. The lowest BCUT2D eigenvalue weighted by Crippen LogP contribution is -2.12. The van der Waals surface area contributed by atoms with Crippen molar-refractivity contribution in [3.05, 3.63) is 42.3 Å². The molecule has 1 heteroatoms. The molecule has 0 amide bonds. The van der Waals surface area contributed by atoms with Gasteiger partial charge < -0.3 is 4.90 Å². The minimum absolute atomic E-state index is 1.12. The van der Waals surface area contributed by atoms with Crippen molar-refractivity contribution in [2.24, 2.45) is 0 Å². The van der Waals surface area contributed by atoms with E-state index in [0.717, 1.165) is 13.0 Å². The van der Waals surface area contributed by atoms with Crippen molar-refractivity contribution in [1.29, 1.82) is 0 Å². The van der Waals surface area contributed by atoms with Gasteiger partial charge in [0.15, 0.2) is 0 Å². The van der Waals surface area contributed by atoms with Gasteiger partial charge in [-0.25, -0.2) is 0 Å². The van der Waals surface area contributed by atoms with E-state index in [2.05, 4.69) is 49.7 Å². The molecule has 0 spiro atoms. The van der Waals surface area contributed by atoms with Gasteiger partial charge in [0.1, 0.15) is 0 Å². The Morgan fingerprint density at radius 1 is 1.17 bits per heavy atom. The molecule has 0 atom stereocenters. The van der Waals surface area contributed by atoms with Crippen LogP contribution in [0.25, 0.3) is 0 Å². The second kappa shape index (κ2) is 4.94. The number of rotatable bonds is 4. The van der Waals surface area contributed by atoms with Gasteiger partial charge >= 0.3 is 0 Å². The molecular formula is C11H16N. The normalized spacial score (nSPS) is 10.6. The van der Waals surface area contributed by atoms with Gasteiger partial charge in [-0.2, -0.15) is 0 Å². The van der Waals surface area contributed by atoms with Crippen molar-refractivity contribution in [3.8, 4) is 0 Å². The van der Waals surface area contributed by atoms with E-state index < -0.39 is 0 Å². The lowest BCUT2D eigenvalue weighted by Gasteiger charge is -2.08. The number of hydrogen-bond acceptors (Lipinski definition) is 1. The zero-order chi connectivity index (χ0) is 8.81. The van der Waals surface area contributed by atoms with Crippen LogP contribution in [0, 0.1) is 6.42 Å². The Labute approximate surface area is 75.0 Å². The highest BCUT2D eigenvalue weighted by Gasteiger charge is 1.92. The third-order valence-electron chi connectivity index (χ3n) is 1.76. The number of benzene rings is 1. The molecule has 0 aliphatic carbocycles. The van der Waals surface area contributed by atoms with Crippen molar-refractivity contribution in [2.45, 2.75) is 6.42 Å². The van der Waals surface area contributed by atoms with Gasteiger partial charge in [0, 0.05) is 0 Å². The second-order valence-corrected chi connectivity index (χ2v) is 3.21. The first-order valence-electron chi connectivity index (χ1n) is 4.32. The predicted molar refractivity (Wildman–Crippen MR) is 53.0 cm³/mol. The highest BCUT2D eigenvalue weighted by molar-refractivity contribution is 5.22. The average molecular weight is 162 g/mol. The van der Waals surface area contributed by atoms with Crippen molar-refractivity contribution in [1.82, 2.24) is 4.90 Å². The molecule has 0 aromatic heterocycles. The van der Waals surface area contributed by atoms with E-state index in [-0.39, 0.29) is 0 Å². The summed E-state index contributed by atoms with van der Waals surface area (Å²) in [6, 6.07) is 10.5. The molecule has 0 aliphatic heterocycles. The molecule has 1 aromatic rings. The van der Waals surface area contributed by atoms with E-state index in [4.69, 9.17) is 0 Å². The van der Waals surface area contributed by atoms with Crippen LogP contribution in [-0.2, 0) is 0 Å². The molecule has 0 heterocycles. The summed E-state index contributed by atoms with van der Waals surface area (Å²) in [5, 5.41) is 0. The minimum Gasteiger partial charge on any atom is -0.309 e. The average Bonchev–Trinajstić information content (AvgIpc) is 2.05. The van der Waals surface area contributed by atoms with Gasteiger partial charge in [-0.1, -0.05) is 30.3 Å². The van der Waals surface area contributed by atoms with E-state index in [1.165, 1.54) is 5.56 Å². The molecule has 0 bridgehead atoms. The Bertz CT molecular complexity index is 204. The molecule has 1 aromatic carbocycles. The molecule has 0 saturated carbocycles. The van der Waals surface area contributed by atoms with Crippen LogP contribution in [0.5, 0.6) is 0 Å². The van der Waals surface area contributed by atoms with E-state index >= 15 is 0 Å². The molecular weight excluding hydrogens is 146 g/mol. The van der Waals surface area contributed by atoms with Gasteiger partial charge in [-0.15, -0.1) is 0 Å². The molecule has 0 N–H and O–H groups in total. The first-order valence-corrected chi connectivity index (χ1v) is 4.32. The summed E-state index contributed by atoms with van der Waals surface area (Å²) < 4.78 is 0. The maximum absolute atomic E-state index is 2.26.